The number of nitrogens with one attached hydrogen (secondary N) is 2. The summed E-state index contributed by atoms with van der Waals surface area (Å²) in [5, 5.41) is 4.73. The van der Waals surface area contributed by atoms with Crippen molar-refractivity contribution >= 4 is 52.2 Å². The molecule has 1 aliphatic rings. The SMILES string of the molecule is Cc1ccc(NC(=O)COc2cccc(/C=C3\SC(=O)N(CC(=O)Nc4ccc(F)cc4)C3=O)c2)cc1C. The first-order valence-electron chi connectivity index (χ1n) is 11.6. The summed E-state index contributed by atoms with van der Waals surface area (Å²) in [7, 11) is 0. The van der Waals surface area contributed by atoms with Crippen molar-refractivity contribution in [3.63, 3.8) is 0 Å². The molecular formula is C28H24FN3O5S. The number of thioether (sulfide) groups is 1. The Labute approximate surface area is 222 Å². The van der Waals surface area contributed by atoms with Gasteiger partial charge >= 0.3 is 0 Å². The first-order valence-corrected chi connectivity index (χ1v) is 12.4. The number of anilines is 2. The molecule has 38 heavy (non-hydrogen) atoms. The zero-order valence-corrected chi connectivity index (χ0v) is 21.4. The predicted octanol–water partition coefficient (Wildman–Crippen LogP) is 5.14. The molecule has 0 aliphatic carbocycles. The number of aryl methyl sites for hydroxylation is 2. The third kappa shape index (κ3) is 6.86. The minimum atomic E-state index is -0.603. The number of hydrogen-bond donors (Lipinski definition) is 2. The van der Waals surface area contributed by atoms with Crippen LogP contribution in [0.1, 0.15) is 16.7 Å². The van der Waals surface area contributed by atoms with E-state index >= 15 is 0 Å². The number of carbonyl (C=O) groups excluding carboxylic acids is 4. The van der Waals surface area contributed by atoms with Crippen molar-refractivity contribution in [2.24, 2.45) is 0 Å². The van der Waals surface area contributed by atoms with Gasteiger partial charge in [-0.25, -0.2) is 4.39 Å². The van der Waals surface area contributed by atoms with Crippen LogP contribution >= 0.6 is 11.8 Å². The van der Waals surface area contributed by atoms with Crippen molar-refractivity contribution in [1.82, 2.24) is 4.90 Å². The number of nitrogens with zero attached hydrogens (tertiary/aromatic N) is 1. The molecule has 0 aromatic heterocycles. The van der Waals surface area contributed by atoms with Gasteiger partial charge < -0.3 is 15.4 Å². The van der Waals surface area contributed by atoms with Crippen LogP contribution in [0, 0.1) is 19.7 Å². The lowest BCUT2D eigenvalue weighted by atomic mass is 10.1. The van der Waals surface area contributed by atoms with Crippen molar-refractivity contribution < 1.29 is 28.3 Å². The van der Waals surface area contributed by atoms with E-state index in [1.54, 1.807) is 24.3 Å². The second-order valence-electron chi connectivity index (χ2n) is 8.53. The molecule has 0 bridgehead atoms. The third-order valence-electron chi connectivity index (χ3n) is 5.62. The highest BCUT2D eigenvalue weighted by Gasteiger charge is 2.36. The molecular weight excluding hydrogens is 509 g/mol. The molecule has 0 radical (unpaired) electrons. The fourth-order valence-corrected chi connectivity index (χ4v) is 4.36. The van der Waals surface area contributed by atoms with Crippen molar-refractivity contribution in [1.29, 1.82) is 0 Å². The molecule has 1 heterocycles. The average Bonchev–Trinajstić information content (AvgIpc) is 3.14. The predicted molar refractivity (Wildman–Crippen MR) is 144 cm³/mol. The summed E-state index contributed by atoms with van der Waals surface area (Å²) >= 11 is 0.718. The quantitative estimate of drug-likeness (QED) is 0.389. The summed E-state index contributed by atoms with van der Waals surface area (Å²) in [6, 6.07) is 17.5. The van der Waals surface area contributed by atoms with Crippen LogP contribution in [-0.4, -0.2) is 41.0 Å². The standard InChI is InChI=1S/C28H24FN3O5S/c1-17-6-9-22(12-18(17)2)31-26(34)16-37-23-5-3-4-19(13-23)14-24-27(35)32(28(36)38-24)15-25(33)30-21-10-7-20(29)8-11-21/h3-14H,15-16H2,1-2H3,(H,30,33)(H,31,34)/b24-14-. The smallest absolute Gasteiger partial charge is 0.294 e. The molecule has 0 saturated carbocycles. The molecule has 8 nitrogen and oxygen atoms in total. The maximum absolute atomic E-state index is 13.0. The number of ether oxygens (including phenoxy) is 1. The molecule has 1 saturated heterocycles. The summed E-state index contributed by atoms with van der Waals surface area (Å²) in [6.07, 6.45) is 1.52. The second-order valence-corrected chi connectivity index (χ2v) is 9.52. The van der Waals surface area contributed by atoms with Crippen LogP contribution in [0.5, 0.6) is 5.75 Å². The van der Waals surface area contributed by atoms with Crippen LogP contribution in [0.25, 0.3) is 6.08 Å². The number of hydrogen-bond acceptors (Lipinski definition) is 6. The Morgan fingerprint density at radius 3 is 2.37 bits per heavy atom. The molecule has 10 heteroatoms. The van der Waals surface area contributed by atoms with Gasteiger partial charge in [-0.1, -0.05) is 18.2 Å². The van der Waals surface area contributed by atoms with E-state index in [0.717, 1.165) is 27.8 Å². The van der Waals surface area contributed by atoms with Crippen LogP contribution in [0.3, 0.4) is 0 Å². The molecule has 0 spiro atoms. The van der Waals surface area contributed by atoms with E-state index in [2.05, 4.69) is 10.6 Å². The molecule has 4 amide bonds. The van der Waals surface area contributed by atoms with Crippen LogP contribution in [0.4, 0.5) is 20.6 Å². The van der Waals surface area contributed by atoms with Crippen molar-refractivity contribution in [2.45, 2.75) is 13.8 Å². The van der Waals surface area contributed by atoms with E-state index in [1.807, 2.05) is 32.0 Å². The highest BCUT2D eigenvalue weighted by atomic mass is 32.2. The largest absolute Gasteiger partial charge is 0.484 e. The van der Waals surface area contributed by atoms with Gasteiger partial charge in [-0.15, -0.1) is 0 Å². The summed E-state index contributed by atoms with van der Waals surface area (Å²) in [5.41, 5.74) is 3.80. The van der Waals surface area contributed by atoms with Crippen molar-refractivity contribution in [3.8, 4) is 5.75 Å². The lowest BCUT2D eigenvalue weighted by Crippen LogP contribution is -2.36. The van der Waals surface area contributed by atoms with Crippen molar-refractivity contribution in [2.75, 3.05) is 23.8 Å². The Bertz CT molecular complexity index is 1440. The number of amides is 4. The van der Waals surface area contributed by atoms with E-state index in [0.29, 0.717) is 22.7 Å². The van der Waals surface area contributed by atoms with Crippen LogP contribution in [0.15, 0.2) is 71.6 Å². The number of imide groups is 1. The first kappa shape index (κ1) is 26.6. The molecule has 0 unspecified atom stereocenters. The number of rotatable bonds is 8. The fraction of sp³-hybridized carbons (Fsp3) is 0.143. The average molecular weight is 534 g/mol. The van der Waals surface area contributed by atoms with Crippen LogP contribution in [0.2, 0.25) is 0 Å². The maximum Gasteiger partial charge on any atom is 0.294 e. The second kappa shape index (κ2) is 11.7. The van der Waals surface area contributed by atoms with Gasteiger partial charge in [0.25, 0.3) is 17.1 Å². The molecule has 0 atom stereocenters. The topological polar surface area (TPSA) is 105 Å². The Kier molecular flexibility index (Phi) is 8.22. The van der Waals surface area contributed by atoms with E-state index in [9.17, 15) is 23.6 Å². The number of benzene rings is 3. The Morgan fingerprint density at radius 1 is 0.921 bits per heavy atom. The van der Waals surface area contributed by atoms with E-state index in [-0.39, 0.29) is 17.4 Å². The van der Waals surface area contributed by atoms with E-state index < -0.39 is 29.4 Å². The van der Waals surface area contributed by atoms with Gasteiger partial charge in [0.15, 0.2) is 6.61 Å². The number of carbonyl (C=O) groups is 4. The molecule has 3 aromatic carbocycles. The van der Waals surface area contributed by atoms with Crippen molar-refractivity contribution in [3.05, 3.63) is 94.1 Å². The van der Waals surface area contributed by atoms with Gasteiger partial charge in [-0.3, -0.25) is 24.1 Å². The van der Waals surface area contributed by atoms with Gasteiger partial charge in [-0.2, -0.15) is 0 Å². The Balaban J connectivity index is 1.34. The Hall–Kier alpha value is -4.44. The zero-order chi connectivity index (χ0) is 27.2. The van der Waals surface area contributed by atoms with Gasteiger partial charge in [-0.05, 0) is 96.9 Å². The van der Waals surface area contributed by atoms with Gasteiger partial charge in [0, 0.05) is 11.4 Å². The zero-order valence-electron chi connectivity index (χ0n) is 20.6. The highest BCUT2D eigenvalue weighted by molar-refractivity contribution is 8.18. The summed E-state index contributed by atoms with van der Waals surface area (Å²) in [6.45, 7) is 3.27. The van der Waals surface area contributed by atoms with E-state index in [4.69, 9.17) is 4.74 Å². The van der Waals surface area contributed by atoms with Gasteiger partial charge in [0.1, 0.15) is 18.1 Å². The van der Waals surface area contributed by atoms with Crippen LogP contribution < -0.4 is 15.4 Å². The minimum Gasteiger partial charge on any atom is -0.484 e. The monoisotopic (exact) mass is 533 g/mol. The van der Waals surface area contributed by atoms with E-state index in [1.165, 1.54) is 30.3 Å². The molecule has 1 fully saturated rings. The highest BCUT2D eigenvalue weighted by Crippen LogP contribution is 2.32. The number of halogens is 1. The maximum atomic E-state index is 13.0. The lowest BCUT2D eigenvalue weighted by Gasteiger charge is -2.12. The molecule has 4 rings (SSSR count). The molecule has 194 valence electrons. The Morgan fingerprint density at radius 2 is 1.63 bits per heavy atom. The summed E-state index contributed by atoms with van der Waals surface area (Å²) in [5.74, 6) is -1.55. The fourth-order valence-electron chi connectivity index (χ4n) is 3.52. The minimum absolute atomic E-state index is 0.147. The lowest BCUT2D eigenvalue weighted by molar-refractivity contribution is -0.127. The molecule has 3 aromatic rings. The first-order chi connectivity index (χ1) is 18.2. The molecule has 2 N–H and O–H groups in total. The molecule has 1 aliphatic heterocycles. The summed E-state index contributed by atoms with van der Waals surface area (Å²) < 4.78 is 18.6. The van der Waals surface area contributed by atoms with Crippen LogP contribution in [-0.2, 0) is 14.4 Å². The summed E-state index contributed by atoms with van der Waals surface area (Å²) in [4.78, 5) is 50.7. The normalized spacial score (nSPS) is 14.1. The van der Waals surface area contributed by atoms with Gasteiger partial charge in [0.05, 0.1) is 4.91 Å². The third-order valence-corrected chi connectivity index (χ3v) is 6.53. The van der Waals surface area contributed by atoms with Gasteiger partial charge in [0.2, 0.25) is 5.91 Å².